The Bertz CT molecular complexity index is 1060. The Morgan fingerprint density at radius 1 is 1.10 bits per heavy atom. The van der Waals surface area contributed by atoms with Crippen LogP contribution in [0.25, 0.3) is 0 Å². The van der Waals surface area contributed by atoms with Crippen LogP contribution in [-0.4, -0.2) is 17.1 Å². The van der Waals surface area contributed by atoms with Gasteiger partial charge in [-0.1, -0.05) is 42.5 Å². The minimum atomic E-state index is -0.372. The molecule has 0 radical (unpaired) electrons. The number of hydrogen-bond donors (Lipinski definition) is 0. The molecule has 1 atom stereocenters. The molecule has 1 aliphatic carbocycles. The average molecular weight is 415 g/mol. The van der Waals surface area contributed by atoms with Crippen LogP contribution in [0.1, 0.15) is 44.6 Å². The first-order valence-corrected chi connectivity index (χ1v) is 10.8. The summed E-state index contributed by atoms with van der Waals surface area (Å²) in [7, 11) is 0. The van der Waals surface area contributed by atoms with Crippen LogP contribution in [0.2, 0.25) is 0 Å². The van der Waals surface area contributed by atoms with Gasteiger partial charge in [0.05, 0.1) is 22.8 Å². The van der Waals surface area contributed by atoms with E-state index in [9.17, 15) is 10.1 Å². The van der Waals surface area contributed by atoms with Gasteiger partial charge in [0.2, 0.25) is 0 Å². The molecule has 0 N–H and O–H groups in total. The molecule has 1 saturated carbocycles. The molecular weight excluding hydrogens is 388 g/mol. The summed E-state index contributed by atoms with van der Waals surface area (Å²) in [6, 6.07) is 14.5. The predicted molar refractivity (Wildman–Crippen MR) is 123 cm³/mol. The molecule has 5 heteroatoms. The number of benzene rings is 2. The average Bonchev–Trinajstić information content (AvgIpc) is 2.79. The second-order valence-corrected chi connectivity index (χ2v) is 7.93. The second-order valence-electron chi connectivity index (χ2n) is 7.93. The highest BCUT2D eigenvalue weighted by molar-refractivity contribution is 5.68. The first-order chi connectivity index (χ1) is 15.1. The van der Waals surface area contributed by atoms with E-state index in [1.54, 1.807) is 12.1 Å². The molecule has 1 unspecified atom stereocenters. The lowest BCUT2D eigenvalue weighted by Crippen LogP contribution is -2.33. The van der Waals surface area contributed by atoms with Gasteiger partial charge in [0.25, 0.3) is 5.69 Å². The summed E-state index contributed by atoms with van der Waals surface area (Å²) in [6.07, 6.45) is 11.6. The fraction of sp³-hybridized carbons (Fsp3) is 0.308. The number of non-ortho nitro benzene ring substituents is 1. The Hall–Kier alpha value is -3.52. The normalized spacial score (nSPS) is 18.7. The minimum absolute atomic E-state index is 0.0377. The molecule has 0 saturated heterocycles. The number of nitrogens with zero attached hydrogens (tertiary/aromatic N) is 2. The number of anilines is 1. The van der Waals surface area contributed by atoms with Crippen molar-refractivity contribution in [3.05, 3.63) is 88.1 Å². The monoisotopic (exact) mass is 414 g/mol. The zero-order chi connectivity index (χ0) is 21.6. The first-order valence-electron chi connectivity index (χ1n) is 10.8. The molecule has 1 fully saturated rings. The molecule has 31 heavy (non-hydrogen) atoms. The molecule has 0 bridgehead atoms. The molecule has 158 valence electrons. The standard InChI is InChI=1S/C26H26N2O3/c1-20-9-8-12-22(16-15-21-10-4-2-5-11-21)27(20)25-18-17-23(28(29)30)19-26(25)31-24-13-6-3-7-14-24/h2,4-5,8-12,17-19,22,24H,3,6-7,13-14H2,1H3. The third-order valence-corrected chi connectivity index (χ3v) is 5.69. The van der Waals surface area contributed by atoms with Gasteiger partial charge in [-0.05, 0) is 63.0 Å². The molecule has 0 amide bonds. The van der Waals surface area contributed by atoms with E-state index < -0.39 is 0 Å². The Morgan fingerprint density at radius 2 is 1.87 bits per heavy atom. The SMILES string of the molecule is CC1=CC=CC(C#Cc2ccccc2)N1c1ccc([N+](=O)[O-])cc1OC1CCCCC1. The highest BCUT2D eigenvalue weighted by Crippen LogP contribution is 2.38. The summed E-state index contributed by atoms with van der Waals surface area (Å²) < 4.78 is 6.34. The van der Waals surface area contributed by atoms with E-state index in [4.69, 9.17) is 4.74 Å². The summed E-state index contributed by atoms with van der Waals surface area (Å²) in [5.74, 6) is 7.14. The minimum Gasteiger partial charge on any atom is -0.488 e. The summed E-state index contributed by atoms with van der Waals surface area (Å²) in [4.78, 5) is 13.1. The van der Waals surface area contributed by atoms with E-state index in [-0.39, 0.29) is 22.8 Å². The zero-order valence-electron chi connectivity index (χ0n) is 17.7. The molecule has 2 aliphatic rings. The highest BCUT2D eigenvalue weighted by atomic mass is 16.6. The molecule has 0 spiro atoms. The van der Waals surface area contributed by atoms with Crippen LogP contribution in [0, 0.1) is 22.0 Å². The number of nitro benzene ring substituents is 1. The van der Waals surface area contributed by atoms with Crippen molar-refractivity contribution in [2.75, 3.05) is 4.90 Å². The van der Waals surface area contributed by atoms with E-state index >= 15 is 0 Å². The summed E-state index contributed by atoms with van der Waals surface area (Å²) >= 11 is 0. The number of ether oxygens (including phenoxy) is 1. The van der Waals surface area contributed by atoms with Crippen molar-refractivity contribution >= 4 is 11.4 Å². The predicted octanol–water partition coefficient (Wildman–Crippen LogP) is 6.01. The smallest absolute Gasteiger partial charge is 0.273 e. The van der Waals surface area contributed by atoms with Crippen LogP contribution >= 0.6 is 0 Å². The van der Waals surface area contributed by atoms with Crippen LogP contribution in [-0.2, 0) is 0 Å². The molecule has 2 aromatic rings. The lowest BCUT2D eigenvalue weighted by atomic mass is 9.97. The Morgan fingerprint density at radius 3 is 2.61 bits per heavy atom. The number of nitro groups is 1. The zero-order valence-corrected chi connectivity index (χ0v) is 17.7. The van der Waals surface area contributed by atoms with Crippen LogP contribution in [0.4, 0.5) is 11.4 Å². The lowest BCUT2D eigenvalue weighted by Gasteiger charge is -2.34. The topological polar surface area (TPSA) is 55.6 Å². The first kappa shape index (κ1) is 20.7. The van der Waals surface area contributed by atoms with Crippen molar-refractivity contribution in [3.8, 4) is 17.6 Å². The van der Waals surface area contributed by atoms with Gasteiger partial charge in [-0.15, -0.1) is 0 Å². The quantitative estimate of drug-likeness (QED) is 0.349. The van der Waals surface area contributed by atoms with Gasteiger partial charge in [0, 0.05) is 17.3 Å². The largest absolute Gasteiger partial charge is 0.488 e. The molecule has 4 rings (SSSR count). The molecule has 5 nitrogen and oxygen atoms in total. The fourth-order valence-electron chi connectivity index (χ4n) is 4.09. The lowest BCUT2D eigenvalue weighted by molar-refractivity contribution is -0.384. The summed E-state index contributed by atoms with van der Waals surface area (Å²) in [6.45, 7) is 2.02. The van der Waals surface area contributed by atoms with E-state index in [1.807, 2.05) is 55.5 Å². The fourth-order valence-corrected chi connectivity index (χ4v) is 4.09. The number of rotatable bonds is 4. The Balaban J connectivity index is 1.70. The van der Waals surface area contributed by atoms with Gasteiger partial charge >= 0.3 is 0 Å². The van der Waals surface area contributed by atoms with E-state index in [0.717, 1.165) is 42.6 Å². The Labute approximate surface area is 183 Å². The number of hydrogen-bond acceptors (Lipinski definition) is 4. The van der Waals surface area contributed by atoms with Gasteiger partial charge in [0.15, 0.2) is 0 Å². The molecular formula is C26H26N2O3. The van der Waals surface area contributed by atoms with E-state index in [1.165, 1.54) is 12.5 Å². The van der Waals surface area contributed by atoms with Crippen molar-refractivity contribution in [1.82, 2.24) is 0 Å². The van der Waals surface area contributed by atoms with Crippen molar-refractivity contribution in [2.24, 2.45) is 0 Å². The van der Waals surface area contributed by atoms with E-state index in [2.05, 4.69) is 16.7 Å². The highest BCUT2D eigenvalue weighted by Gasteiger charge is 2.26. The maximum atomic E-state index is 11.4. The Kier molecular flexibility index (Phi) is 6.37. The molecule has 0 aromatic heterocycles. The van der Waals surface area contributed by atoms with Crippen LogP contribution in [0.3, 0.4) is 0 Å². The van der Waals surface area contributed by atoms with Gasteiger partial charge in [-0.25, -0.2) is 0 Å². The maximum Gasteiger partial charge on any atom is 0.273 e. The van der Waals surface area contributed by atoms with Crippen molar-refractivity contribution in [3.63, 3.8) is 0 Å². The van der Waals surface area contributed by atoms with Crippen LogP contribution in [0.5, 0.6) is 5.75 Å². The third kappa shape index (κ3) is 4.97. The number of allylic oxidation sites excluding steroid dienone is 3. The van der Waals surface area contributed by atoms with Gasteiger partial charge in [0.1, 0.15) is 11.8 Å². The maximum absolute atomic E-state index is 11.4. The van der Waals surface area contributed by atoms with Crippen molar-refractivity contribution in [1.29, 1.82) is 0 Å². The third-order valence-electron chi connectivity index (χ3n) is 5.69. The van der Waals surface area contributed by atoms with Crippen molar-refractivity contribution < 1.29 is 9.66 Å². The van der Waals surface area contributed by atoms with Gasteiger partial charge in [-0.2, -0.15) is 0 Å². The molecule has 2 aromatic carbocycles. The van der Waals surface area contributed by atoms with Crippen molar-refractivity contribution in [2.45, 2.75) is 51.2 Å². The summed E-state index contributed by atoms with van der Waals surface area (Å²) in [5, 5.41) is 11.4. The second kappa shape index (κ2) is 9.53. The van der Waals surface area contributed by atoms with E-state index in [0.29, 0.717) is 5.75 Å². The molecule has 1 aliphatic heterocycles. The summed E-state index contributed by atoms with van der Waals surface area (Å²) in [5.41, 5.74) is 2.81. The van der Waals surface area contributed by atoms with Crippen LogP contribution in [0.15, 0.2) is 72.5 Å². The van der Waals surface area contributed by atoms with Gasteiger partial charge < -0.3 is 9.64 Å². The van der Waals surface area contributed by atoms with Gasteiger partial charge in [-0.3, -0.25) is 10.1 Å². The van der Waals surface area contributed by atoms with Crippen LogP contribution < -0.4 is 9.64 Å². The molecule has 1 heterocycles.